The Hall–Kier alpha value is -1.91. The van der Waals surface area contributed by atoms with Gasteiger partial charge in [0.2, 0.25) is 11.7 Å². The van der Waals surface area contributed by atoms with Crippen molar-refractivity contribution in [3.63, 3.8) is 0 Å². The Morgan fingerprint density at radius 2 is 2.12 bits per heavy atom. The maximum atomic E-state index is 5.70. The van der Waals surface area contributed by atoms with Gasteiger partial charge in [0, 0.05) is 17.2 Å². The van der Waals surface area contributed by atoms with Crippen molar-refractivity contribution in [2.24, 2.45) is 0 Å². The summed E-state index contributed by atoms with van der Waals surface area (Å²) >= 11 is 0. The van der Waals surface area contributed by atoms with Gasteiger partial charge in [-0.1, -0.05) is 11.6 Å². The maximum Gasteiger partial charge on any atom is 0.230 e. The Labute approximate surface area is 99.1 Å². The number of hydrogen-bond acceptors (Lipinski definition) is 5. The molecule has 0 amide bonds. The van der Waals surface area contributed by atoms with Crippen LogP contribution in [0.1, 0.15) is 36.8 Å². The van der Waals surface area contributed by atoms with Crippen LogP contribution in [-0.2, 0) is 0 Å². The molecule has 1 saturated carbocycles. The van der Waals surface area contributed by atoms with Crippen LogP contribution in [0.2, 0.25) is 0 Å². The summed E-state index contributed by atoms with van der Waals surface area (Å²) in [6, 6.07) is 3.67. The van der Waals surface area contributed by atoms with Gasteiger partial charge in [0.05, 0.1) is 0 Å². The highest BCUT2D eigenvalue weighted by Crippen LogP contribution is 2.36. The fourth-order valence-corrected chi connectivity index (χ4v) is 2.00. The van der Waals surface area contributed by atoms with E-state index < -0.39 is 0 Å². The van der Waals surface area contributed by atoms with Crippen LogP contribution in [0.25, 0.3) is 11.4 Å². The van der Waals surface area contributed by atoms with Crippen LogP contribution < -0.4 is 5.73 Å². The van der Waals surface area contributed by atoms with E-state index >= 15 is 0 Å². The predicted octanol–water partition coefficient (Wildman–Crippen LogP) is 2.29. The lowest BCUT2D eigenvalue weighted by Crippen LogP contribution is -2.08. The van der Waals surface area contributed by atoms with E-state index in [1.807, 2.05) is 13.0 Å². The Kier molecular flexibility index (Phi) is 2.31. The van der Waals surface area contributed by atoms with Crippen LogP contribution in [0.4, 0.5) is 5.82 Å². The Bertz CT molecular complexity index is 525. The number of nitrogens with two attached hydrogens (primary N) is 1. The molecular formula is C12H14N4O. The highest BCUT2D eigenvalue weighted by molar-refractivity contribution is 5.59. The van der Waals surface area contributed by atoms with Gasteiger partial charge in [0.25, 0.3) is 0 Å². The monoisotopic (exact) mass is 230 g/mol. The second-order valence-electron chi connectivity index (χ2n) is 4.51. The Balaban J connectivity index is 1.94. The van der Waals surface area contributed by atoms with Gasteiger partial charge in [-0.2, -0.15) is 4.98 Å². The molecule has 0 saturated heterocycles. The standard InChI is InChI=1S/C12H14N4O/c1-7-5-9(6-10(13)14-7)11-15-12(17-16-11)8-3-2-4-8/h5-6,8H,2-4H2,1H3,(H2,13,14). The van der Waals surface area contributed by atoms with Crippen LogP contribution in [0.5, 0.6) is 0 Å². The molecule has 0 aliphatic heterocycles. The topological polar surface area (TPSA) is 77.8 Å². The zero-order chi connectivity index (χ0) is 11.8. The molecule has 5 heteroatoms. The number of nitrogens with zero attached hydrogens (tertiary/aromatic N) is 3. The second-order valence-corrected chi connectivity index (χ2v) is 4.51. The predicted molar refractivity (Wildman–Crippen MR) is 63.3 cm³/mol. The van der Waals surface area contributed by atoms with Gasteiger partial charge < -0.3 is 10.3 Å². The van der Waals surface area contributed by atoms with Gasteiger partial charge in [-0.15, -0.1) is 0 Å². The summed E-state index contributed by atoms with van der Waals surface area (Å²) in [5.74, 6) is 2.29. The summed E-state index contributed by atoms with van der Waals surface area (Å²) in [7, 11) is 0. The largest absolute Gasteiger partial charge is 0.384 e. The number of aryl methyl sites for hydroxylation is 1. The molecule has 3 rings (SSSR count). The van der Waals surface area contributed by atoms with Crippen LogP contribution in [0.15, 0.2) is 16.7 Å². The lowest BCUT2D eigenvalue weighted by Gasteiger charge is -2.20. The first kappa shape index (κ1) is 10.3. The van der Waals surface area contributed by atoms with Crippen molar-refractivity contribution >= 4 is 5.82 Å². The zero-order valence-corrected chi connectivity index (χ0v) is 9.68. The molecule has 17 heavy (non-hydrogen) atoms. The molecule has 2 aromatic rings. The quantitative estimate of drug-likeness (QED) is 0.856. The maximum absolute atomic E-state index is 5.70. The van der Waals surface area contributed by atoms with E-state index in [2.05, 4.69) is 15.1 Å². The van der Waals surface area contributed by atoms with E-state index in [1.165, 1.54) is 6.42 Å². The summed E-state index contributed by atoms with van der Waals surface area (Å²) in [5.41, 5.74) is 7.43. The summed E-state index contributed by atoms with van der Waals surface area (Å²) < 4.78 is 5.28. The molecule has 0 aromatic carbocycles. The van der Waals surface area contributed by atoms with E-state index in [0.29, 0.717) is 17.6 Å². The minimum atomic E-state index is 0.455. The molecule has 5 nitrogen and oxygen atoms in total. The van der Waals surface area contributed by atoms with Crippen LogP contribution in [-0.4, -0.2) is 15.1 Å². The smallest absolute Gasteiger partial charge is 0.230 e. The first-order chi connectivity index (χ1) is 8.22. The molecule has 1 aliphatic rings. The highest BCUT2D eigenvalue weighted by Gasteiger charge is 2.25. The molecule has 0 unspecified atom stereocenters. The van der Waals surface area contributed by atoms with E-state index in [-0.39, 0.29) is 0 Å². The van der Waals surface area contributed by atoms with Crippen molar-refractivity contribution in [2.75, 3.05) is 5.73 Å². The minimum absolute atomic E-state index is 0.455. The van der Waals surface area contributed by atoms with Crippen LogP contribution in [0, 0.1) is 6.92 Å². The van der Waals surface area contributed by atoms with Gasteiger partial charge in [0.15, 0.2) is 0 Å². The molecule has 0 radical (unpaired) electrons. The molecule has 2 heterocycles. The van der Waals surface area contributed by atoms with E-state index in [0.717, 1.165) is 30.0 Å². The summed E-state index contributed by atoms with van der Waals surface area (Å²) in [6.07, 6.45) is 3.56. The third-order valence-electron chi connectivity index (χ3n) is 3.13. The van der Waals surface area contributed by atoms with Gasteiger partial charge in [-0.3, -0.25) is 0 Å². The summed E-state index contributed by atoms with van der Waals surface area (Å²) in [5, 5.41) is 4.00. The molecular weight excluding hydrogens is 216 g/mol. The number of nitrogen functional groups attached to an aromatic ring is 1. The fourth-order valence-electron chi connectivity index (χ4n) is 2.00. The Morgan fingerprint density at radius 3 is 2.76 bits per heavy atom. The minimum Gasteiger partial charge on any atom is -0.384 e. The molecule has 1 aliphatic carbocycles. The van der Waals surface area contributed by atoms with Gasteiger partial charge in [-0.25, -0.2) is 4.98 Å². The third-order valence-corrected chi connectivity index (χ3v) is 3.13. The average molecular weight is 230 g/mol. The molecule has 0 bridgehead atoms. The van der Waals surface area contributed by atoms with E-state index in [9.17, 15) is 0 Å². The molecule has 0 atom stereocenters. The lowest BCUT2D eigenvalue weighted by atomic mass is 9.85. The van der Waals surface area contributed by atoms with Crippen molar-refractivity contribution in [3.8, 4) is 11.4 Å². The van der Waals surface area contributed by atoms with Crippen molar-refractivity contribution in [3.05, 3.63) is 23.7 Å². The number of pyridine rings is 1. The van der Waals surface area contributed by atoms with E-state index in [4.69, 9.17) is 10.3 Å². The van der Waals surface area contributed by atoms with Gasteiger partial charge in [-0.05, 0) is 31.9 Å². The summed E-state index contributed by atoms with van der Waals surface area (Å²) in [6.45, 7) is 1.90. The normalized spacial score (nSPS) is 15.8. The molecule has 88 valence electrons. The van der Waals surface area contributed by atoms with Gasteiger partial charge >= 0.3 is 0 Å². The SMILES string of the molecule is Cc1cc(-c2noc(C3CCC3)n2)cc(N)n1. The van der Waals surface area contributed by atoms with E-state index in [1.54, 1.807) is 6.07 Å². The van der Waals surface area contributed by atoms with Crippen molar-refractivity contribution in [1.82, 2.24) is 15.1 Å². The Morgan fingerprint density at radius 1 is 1.29 bits per heavy atom. The third kappa shape index (κ3) is 1.88. The van der Waals surface area contributed by atoms with Gasteiger partial charge in [0.1, 0.15) is 5.82 Å². The number of rotatable bonds is 2. The number of anilines is 1. The van der Waals surface area contributed by atoms with Crippen LogP contribution >= 0.6 is 0 Å². The summed E-state index contributed by atoms with van der Waals surface area (Å²) in [4.78, 5) is 8.54. The average Bonchev–Trinajstić information content (AvgIpc) is 2.62. The van der Waals surface area contributed by atoms with Crippen molar-refractivity contribution in [1.29, 1.82) is 0 Å². The number of hydrogen-bond donors (Lipinski definition) is 1. The first-order valence-corrected chi connectivity index (χ1v) is 5.80. The van der Waals surface area contributed by atoms with Crippen molar-refractivity contribution in [2.45, 2.75) is 32.1 Å². The fraction of sp³-hybridized carbons (Fsp3) is 0.417. The number of aromatic nitrogens is 3. The molecule has 0 spiro atoms. The molecule has 1 fully saturated rings. The zero-order valence-electron chi connectivity index (χ0n) is 9.68. The second kappa shape index (κ2) is 3.84. The lowest BCUT2D eigenvalue weighted by molar-refractivity contribution is 0.292. The molecule has 2 N–H and O–H groups in total. The molecule has 2 aromatic heterocycles. The van der Waals surface area contributed by atoms with Crippen molar-refractivity contribution < 1.29 is 4.52 Å². The van der Waals surface area contributed by atoms with Crippen LogP contribution in [0.3, 0.4) is 0 Å². The first-order valence-electron chi connectivity index (χ1n) is 5.80. The highest BCUT2D eigenvalue weighted by atomic mass is 16.5.